The molecule has 0 aliphatic carbocycles. The van der Waals surface area contributed by atoms with Crippen LogP contribution in [0.5, 0.6) is 5.75 Å². The van der Waals surface area contributed by atoms with E-state index in [0.29, 0.717) is 42.3 Å². The zero-order valence-electron chi connectivity index (χ0n) is 16.5. The van der Waals surface area contributed by atoms with Gasteiger partial charge in [-0.15, -0.1) is 16.8 Å². The molecule has 7 heteroatoms. The number of hydrogen-bond acceptors (Lipinski definition) is 5. The molecule has 1 aromatic heterocycles. The van der Waals surface area contributed by atoms with E-state index in [2.05, 4.69) is 48.1 Å². The van der Waals surface area contributed by atoms with Crippen LogP contribution in [0.1, 0.15) is 43.6 Å². The molecule has 1 N–H and O–H groups in total. The number of nitrogens with zero attached hydrogens (tertiary/aromatic N) is 3. The van der Waals surface area contributed by atoms with Gasteiger partial charge in [-0.2, -0.15) is 0 Å². The summed E-state index contributed by atoms with van der Waals surface area (Å²) in [5, 5.41) is 11.9. The minimum Gasteiger partial charge on any atom is -0.485 e. The maximum Gasteiger partial charge on any atom is 0.230 e. The largest absolute Gasteiger partial charge is 0.485 e. The summed E-state index contributed by atoms with van der Waals surface area (Å²) in [7, 11) is 0. The number of aryl methyl sites for hydroxylation is 1. The van der Waals surface area contributed by atoms with Gasteiger partial charge in [-0.1, -0.05) is 43.8 Å². The number of benzene rings is 1. The number of ether oxygens (including phenoxy) is 1. The highest BCUT2D eigenvalue weighted by Gasteiger charge is 2.15. The number of allylic oxidation sites excluding steroid dienone is 1. The van der Waals surface area contributed by atoms with Crippen LogP contribution in [0.25, 0.3) is 0 Å². The summed E-state index contributed by atoms with van der Waals surface area (Å²) < 4.78 is 8.02. The highest BCUT2D eigenvalue weighted by Crippen LogP contribution is 2.28. The van der Waals surface area contributed by atoms with Gasteiger partial charge < -0.3 is 10.1 Å². The van der Waals surface area contributed by atoms with E-state index in [-0.39, 0.29) is 5.91 Å². The second-order valence-electron chi connectivity index (χ2n) is 6.52. The third-order valence-corrected chi connectivity index (χ3v) is 4.93. The van der Waals surface area contributed by atoms with Crippen LogP contribution in [0.3, 0.4) is 0 Å². The van der Waals surface area contributed by atoms with Gasteiger partial charge in [-0.3, -0.25) is 9.36 Å². The van der Waals surface area contributed by atoms with Gasteiger partial charge in [-0.05, 0) is 37.0 Å². The smallest absolute Gasteiger partial charge is 0.230 e. The molecule has 6 nitrogen and oxygen atoms in total. The Bertz CT molecular complexity index is 786. The molecule has 0 aliphatic rings. The van der Waals surface area contributed by atoms with Crippen LogP contribution in [0.15, 0.2) is 36.0 Å². The first-order valence-electron chi connectivity index (χ1n) is 9.12. The maximum atomic E-state index is 11.7. The summed E-state index contributed by atoms with van der Waals surface area (Å²) in [6.45, 7) is 13.5. The van der Waals surface area contributed by atoms with Gasteiger partial charge in [0.25, 0.3) is 0 Å². The van der Waals surface area contributed by atoms with Crippen molar-refractivity contribution in [1.82, 2.24) is 20.1 Å². The SMILES string of the molecule is C=CCn1c(COc2cc(C)ccc2C(C)C)nnc1SCC(=O)NCC. The molecule has 0 fully saturated rings. The Kier molecular flexibility index (Phi) is 7.91. The fraction of sp³-hybridized carbons (Fsp3) is 0.450. The fourth-order valence-electron chi connectivity index (χ4n) is 2.61. The Balaban J connectivity index is 2.14. The molecule has 146 valence electrons. The molecular weight excluding hydrogens is 360 g/mol. The van der Waals surface area contributed by atoms with Crippen LogP contribution in [-0.4, -0.2) is 33.0 Å². The van der Waals surface area contributed by atoms with Crippen LogP contribution >= 0.6 is 11.8 Å². The number of aromatic nitrogens is 3. The number of thioether (sulfide) groups is 1. The molecule has 1 heterocycles. The van der Waals surface area contributed by atoms with E-state index in [1.807, 2.05) is 24.5 Å². The molecule has 2 rings (SSSR count). The average Bonchev–Trinajstić information content (AvgIpc) is 3.00. The van der Waals surface area contributed by atoms with Crippen molar-refractivity contribution in [2.45, 2.75) is 51.9 Å². The molecule has 0 aliphatic heterocycles. The van der Waals surface area contributed by atoms with Gasteiger partial charge in [0.15, 0.2) is 11.0 Å². The van der Waals surface area contributed by atoms with Crippen LogP contribution in [0.2, 0.25) is 0 Å². The molecule has 0 bridgehead atoms. The molecule has 0 saturated carbocycles. The molecule has 1 amide bonds. The van der Waals surface area contributed by atoms with Gasteiger partial charge in [0, 0.05) is 13.1 Å². The Morgan fingerprint density at radius 3 is 2.85 bits per heavy atom. The van der Waals surface area contributed by atoms with E-state index in [1.54, 1.807) is 6.08 Å². The van der Waals surface area contributed by atoms with Crippen LogP contribution in [0.4, 0.5) is 0 Å². The van der Waals surface area contributed by atoms with Crippen molar-refractivity contribution in [2.75, 3.05) is 12.3 Å². The van der Waals surface area contributed by atoms with Crippen molar-refractivity contribution in [3.05, 3.63) is 47.8 Å². The lowest BCUT2D eigenvalue weighted by molar-refractivity contribution is -0.118. The fourth-order valence-corrected chi connectivity index (χ4v) is 3.41. The lowest BCUT2D eigenvalue weighted by atomic mass is 10.0. The van der Waals surface area contributed by atoms with Crippen molar-refractivity contribution < 1.29 is 9.53 Å². The van der Waals surface area contributed by atoms with Gasteiger partial charge in [0.2, 0.25) is 5.91 Å². The lowest BCUT2D eigenvalue weighted by Crippen LogP contribution is -2.24. The number of hydrogen-bond donors (Lipinski definition) is 1. The topological polar surface area (TPSA) is 69.0 Å². The summed E-state index contributed by atoms with van der Waals surface area (Å²) in [5.41, 5.74) is 2.32. The van der Waals surface area contributed by atoms with E-state index in [1.165, 1.54) is 17.3 Å². The molecule has 0 saturated heterocycles. The number of rotatable bonds is 10. The Morgan fingerprint density at radius 1 is 1.41 bits per heavy atom. The predicted octanol–water partition coefficient (Wildman–Crippen LogP) is 3.70. The van der Waals surface area contributed by atoms with Gasteiger partial charge in [0.1, 0.15) is 12.4 Å². The molecule has 0 spiro atoms. The first kappa shape index (κ1) is 21.0. The minimum absolute atomic E-state index is 0.0187. The Morgan fingerprint density at radius 2 is 2.19 bits per heavy atom. The molecule has 27 heavy (non-hydrogen) atoms. The zero-order chi connectivity index (χ0) is 19.8. The second-order valence-corrected chi connectivity index (χ2v) is 7.47. The first-order valence-corrected chi connectivity index (χ1v) is 10.1. The van der Waals surface area contributed by atoms with Crippen LogP contribution in [0, 0.1) is 6.92 Å². The van der Waals surface area contributed by atoms with Crippen LogP contribution < -0.4 is 10.1 Å². The average molecular weight is 389 g/mol. The van der Waals surface area contributed by atoms with Gasteiger partial charge in [0.05, 0.1) is 5.75 Å². The van der Waals surface area contributed by atoms with E-state index in [0.717, 1.165) is 11.3 Å². The minimum atomic E-state index is -0.0187. The summed E-state index contributed by atoms with van der Waals surface area (Å²) in [4.78, 5) is 11.7. The van der Waals surface area contributed by atoms with Crippen molar-refractivity contribution >= 4 is 17.7 Å². The monoisotopic (exact) mass is 388 g/mol. The van der Waals surface area contributed by atoms with Crippen LogP contribution in [-0.2, 0) is 17.9 Å². The first-order chi connectivity index (χ1) is 13.0. The highest BCUT2D eigenvalue weighted by atomic mass is 32.2. The molecule has 1 aromatic carbocycles. The zero-order valence-corrected chi connectivity index (χ0v) is 17.3. The normalized spacial score (nSPS) is 10.9. The third-order valence-electron chi connectivity index (χ3n) is 3.96. The van der Waals surface area contributed by atoms with Crippen molar-refractivity contribution in [3.63, 3.8) is 0 Å². The van der Waals surface area contributed by atoms with Crippen molar-refractivity contribution in [2.24, 2.45) is 0 Å². The van der Waals surface area contributed by atoms with Gasteiger partial charge >= 0.3 is 0 Å². The quantitative estimate of drug-likeness (QED) is 0.496. The molecular formula is C20H28N4O2S. The van der Waals surface area contributed by atoms with E-state index >= 15 is 0 Å². The Hall–Kier alpha value is -2.28. The van der Waals surface area contributed by atoms with Crippen molar-refractivity contribution in [3.8, 4) is 5.75 Å². The Labute approximate surface area is 165 Å². The molecule has 0 radical (unpaired) electrons. The summed E-state index contributed by atoms with van der Waals surface area (Å²) >= 11 is 1.36. The summed E-state index contributed by atoms with van der Waals surface area (Å²) in [5.74, 6) is 2.24. The van der Waals surface area contributed by atoms with Gasteiger partial charge in [-0.25, -0.2) is 0 Å². The molecule has 0 unspecified atom stereocenters. The lowest BCUT2D eigenvalue weighted by Gasteiger charge is -2.15. The number of carbonyl (C=O) groups is 1. The number of nitrogens with one attached hydrogen (secondary N) is 1. The van der Waals surface area contributed by atoms with E-state index in [9.17, 15) is 4.79 Å². The second kappa shape index (κ2) is 10.2. The predicted molar refractivity (Wildman–Crippen MR) is 109 cm³/mol. The number of amides is 1. The summed E-state index contributed by atoms with van der Waals surface area (Å²) in [6.07, 6.45) is 1.79. The standard InChI is InChI=1S/C20H28N4O2S/c1-6-10-24-18(22-23-20(24)27-13-19(25)21-7-2)12-26-17-11-15(5)8-9-16(17)14(3)4/h6,8-9,11,14H,1,7,10,12-13H2,2-5H3,(H,21,25). The molecule has 2 aromatic rings. The van der Waals surface area contributed by atoms with Crippen molar-refractivity contribution in [1.29, 1.82) is 0 Å². The third kappa shape index (κ3) is 5.85. The highest BCUT2D eigenvalue weighted by molar-refractivity contribution is 7.99. The van der Waals surface area contributed by atoms with E-state index < -0.39 is 0 Å². The number of carbonyl (C=O) groups excluding carboxylic acids is 1. The molecule has 0 atom stereocenters. The summed E-state index contributed by atoms with van der Waals surface area (Å²) in [6, 6.07) is 6.25. The van der Waals surface area contributed by atoms with E-state index in [4.69, 9.17) is 4.74 Å². The maximum absolute atomic E-state index is 11.7.